The van der Waals surface area contributed by atoms with Gasteiger partial charge in [-0.3, -0.25) is 0 Å². The Labute approximate surface area is 126 Å². The maximum atomic E-state index is 12.5. The SMILES string of the molecule is Cc1ccc(NC(=O)N2CCCC2C2CCCNC2)cc1. The van der Waals surface area contributed by atoms with E-state index in [1.54, 1.807) is 0 Å². The highest BCUT2D eigenvalue weighted by atomic mass is 16.2. The van der Waals surface area contributed by atoms with Crippen molar-refractivity contribution in [2.24, 2.45) is 5.92 Å². The van der Waals surface area contributed by atoms with Crippen LogP contribution in [0.1, 0.15) is 31.2 Å². The Kier molecular flexibility index (Phi) is 4.44. The minimum Gasteiger partial charge on any atom is -0.321 e. The average Bonchev–Trinajstić information content (AvgIpc) is 3.00. The van der Waals surface area contributed by atoms with E-state index >= 15 is 0 Å². The third-order valence-electron chi connectivity index (χ3n) is 4.74. The number of nitrogens with one attached hydrogen (secondary N) is 2. The van der Waals surface area contributed by atoms with Crippen LogP contribution in [-0.2, 0) is 0 Å². The molecular weight excluding hydrogens is 262 g/mol. The van der Waals surface area contributed by atoms with Crippen molar-refractivity contribution in [3.8, 4) is 0 Å². The number of anilines is 1. The van der Waals surface area contributed by atoms with Crippen LogP contribution < -0.4 is 10.6 Å². The summed E-state index contributed by atoms with van der Waals surface area (Å²) in [6.07, 6.45) is 4.75. The number of rotatable bonds is 2. The van der Waals surface area contributed by atoms with Gasteiger partial charge in [-0.25, -0.2) is 4.79 Å². The highest BCUT2D eigenvalue weighted by Gasteiger charge is 2.35. The zero-order valence-electron chi connectivity index (χ0n) is 12.8. The third kappa shape index (κ3) is 3.38. The molecule has 2 heterocycles. The summed E-state index contributed by atoms with van der Waals surface area (Å²) in [6.45, 7) is 5.12. The molecule has 4 heteroatoms. The number of nitrogens with zero attached hydrogens (tertiary/aromatic N) is 1. The number of hydrogen-bond acceptors (Lipinski definition) is 2. The molecule has 2 N–H and O–H groups in total. The molecule has 0 radical (unpaired) electrons. The summed E-state index contributed by atoms with van der Waals surface area (Å²) in [5, 5.41) is 6.52. The van der Waals surface area contributed by atoms with Crippen molar-refractivity contribution >= 4 is 11.7 Å². The van der Waals surface area contributed by atoms with E-state index in [4.69, 9.17) is 0 Å². The molecule has 1 aromatic carbocycles. The van der Waals surface area contributed by atoms with Crippen LogP contribution in [0, 0.1) is 12.8 Å². The molecule has 4 nitrogen and oxygen atoms in total. The lowest BCUT2D eigenvalue weighted by Crippen LogP contribution is -2.47. The number of benzene rings is 1. The fourth-order valence-corrected chi connectivity index (χ4v) is 3.57. The van der Waals surface area contributed by atoms with Crippen LogP contribution in [0.3, 0.4) is 0 Å². The predicted octanol–water partition coefficient (Wildman–Crippen LogP) is 2.99. The largest absolute Gasteiger partial charge is 0.322 e. The molecule has 2 amide bonds. The number of hydrogen-bond donors (Lipinski definition) is 2. The topological polar surface area (TPSA) is 44.4 Å². The van der Waals surface area contributed by atoms with Gasteiger partial charge in [0.1, 0.15) is 0 Å². The maximum absolute atomic E-state index is 12.5. The lowest BCUT2D eigenvalue weighted by atomic mass is 9.90. The number of urea groups is 1. The highest BCUT2D eigenvalue weighted by molar-refractivity contribution is 5.89. The van der Waals surface area contributed by atoms with E-state index in [0.717, 1.165) is 38.2 Å². The molecule has 1 aromatic rings. The summed E-state index contributed by atoms with van der Waals surface area (Å²) in [5.41, 5.74) is 2.10. The van der Waals surface area contributed by atoms with Crippen LogP contribution in [0.2, 0.25) is 0 Å². The molecule has 0 bridgehead atoms. The Morgan fingerprint density at radius 1 is 1.24 bits per heavy atom. The first-order valence-electron chi connectivity index (χ1n) is 8.09. The Hall–Kier alpha value is -1.55. The fourth-order valence-electron chi connectivity index (χ4n) is 3.57. The van der Waals surface area contributed by atoms with Crippen molar-refractivity contribution in [3.63, 3.8) is 0 Å². The van der Waals surface area contributed by atoms with Gasteiger partial charge in [-0.15, -0.1) is 0 Å². The standard InChI is InChI=1S/C17H25N3O/c1-13-6-8-15(9-7-13)19-17(21)20-11-3-5-16(20)14-4-2-10-18-12-14/h6-9,14,16,18H,2-5,10-12H2,1H3,(H,19,21). The quantitative estimate of drug-likeness (QED) is 0.878. The zero-order chi connectivity index (χ0) is 14.7. The van der Waals surface area contributed by atoms with Crippen LogP contribution >= 0.6 is 0 Å². The first-order chi connectivity index (χ1) is 10.2. The van der Waals surface area contributed by atoms with Gasteiger partial charge in [0.15, 0.2) is 0 Å². The number of carbonyl (C=O) groups is 1. The maximum Gasteiger partial charge on any atom is 0.322 e. The number of carbonyl (C=O) groups excluding carboxylic acids is 1. The van der Waals surface area contributed by atoms with Crippen molar-refractivity contribution in [2.75, 3.05) is 25.0 Å². The Balaban J connectivity index is 1.63. The first kappa shape index (κ1) is 14.4. The number of piperidine rings is 1. The first-order valence-corrected chi connectivity index (χ1v) is 8.09. The van der Waals surface area contributed by atoms with Gasteiger partial charge in [-0.2, -0.15) is 0 Å². The highest BCUT2D eigenvalue weighted by Crippen LogP contribution is 2.28. The zero-order valence-corrected chi connectivity index (χ0v) is 12.8. The summed E-state index contributed by atoms with van der Waals surface area (Å²) in [5.74, 6) is 0.616. The van der Waals surface area contributed by atoms with Gasteiger partial charge in [-0.05, 0) is 63.7 Å². The van der Waals surface area contributed by atoms with E-state index in [0.29, 0.717) is 12.0 Å². The van der Waals surface area contributed by atoms with E-state index in [-0.39, 0.29) is 6.03 Å². The Morgan fingerprint density at radius 3 is 2.76 bits per heavy atom. The van der Waals surface area contributed by atoms with Gasteiger partial charge >= 0.3 is 6.03 Å². The Bertz CT molecular complexity index is 479. The second kappa shape index (κ2) is 6.48. The molecule has 2 aliphatic rings. The number of amides is 2. The average molecular weight is 287 g/mol. The summed E-state index contributed by atoms with van der Waals surface area (Å²) in [4.78, 5) is 14.6. The molecule has 21 heavy (non-hydrogen) atoms. The van der Waals surface area contributed by atoms with Crippen molar-refractivity contribution in [1.82, 2.24) is 10.2 Å². The second-order valence-electron chi connectivity index (χ2n) is 6.31. The molecule has 2 unspecified atom stereocenters. The van der Waals surface area contributed by atoms with E-state index in [1.807, 2.05) is 24.3 Å². The molecule has 3 rings (SSSR count). The number of aryl methyl sites for hydroxylation is 1. The van der Waals surface area contributed by atoms with Crippen molar-refractivity contribution in [3.05, 3.63) is 29.8 Å². The van der Waals surface area contributed by atoms with Gasteiger partial charge < -0.3 is 15.5 Å². The minimum absolute atomic E-state index is 0.0620. The molecule has 2 fully saturated rings. The van der Waals surface area contributed by atoms with Crippen LogP contribution in [0.25, 0.3) is 0 Å². The monoisotopic (exact) mass is 287 g/mol. The smallest absolute Gasteiger partial charge is 0.321 e. The van der Waals surface area contributed by atoms with Crippen molar-refractivity contribution in [1.29, 1.82) is 0 Å². The van der Waals surface area contributed by atoms with Gasteiger partial charge in [0.25, 0.3) is 0 Å². The van der Waals surface area contributed by atoms with Crippen LogP contribution in [0.4, 0.5) is 10.5 Å². The molecule has 0 saturated carbocycles. The summed E-state index contributed by atoms with van der Waals surface area (Å²) >= 11 is 0. The van der Waals surface area contributed by atoms with Crippen molar-refractivity contribution < 1.29 is 4.79 Å². The minimum atomic E-state index is 0.0620. The van der Waals surface area contributed by atoms with E-state index in [1.165, 1.54) is 18.4 Å². The molecule has 2 aliphatic heterocycles. The van der Waals surface area contributed by atoms with Crippen molar-refractivity contribution in [2.45, 2.75) is 38.6 Å². The van der Waals surface area contributed by atoms with Gasteiger partial charge in [-0.1, -0.05) is 17.7 Å². The second-order valence-corrected chi connectivity index (χ2v) is 6.31. The van der Waals surface area contributed by atoms with Gasteiger partial charge in [0.2, 0.25) is 0 Å². The summed E-state index contributed by atoms with van der Waals surface area (Å²) in [6, 6.07) is 8.47. The summed E-state index contributed by atoms with van der Waals surface area (Å²) < 4.78 is 0. The molecule has 114 valence electrons. The van der Waals surface area contributed by atoms with E-state index in [9.17, 15) is 4.79 Å². The Morgan fingerprint density at radius 2 is 2.05 bits per heavy atom. The molecular formula is C17H25N3O. The van der Waals surface area contributed by atoms with Crippen LogP contribution in [0.15, 0.2) is 24.3 Å². The van der Waals surface area contributed by atoms with Gasteiger partial charge in [0, 0.05) is 18.3 Å². The normalized spacial score (nSPS) is 25.9. The molecule has 0 aromatic heterocycles. The lowest BCUT2D eigenvalue weighted by molar-refractivity contribution is 0.172. The molecule has 2 saturated heterocycles. The van der Waals surface area contributed by atoms with E-state index < -0.39 is 0 Å². The fraction of sp³-hybridized carbons (Fsp3) is 0.588. The predicted molar refractivity (Wildman–Crippen MR) is 85.5 cm³/mol. The van der Waals surface area contributed by atoms with Gasteiger partial charge in [0.05, 0.1) is 0 Å². The summed E-state index contributed by atoms with van der Waals surface area (Å²) in [7, 11) is 0. The molecule has 0 aliphatic carbocycles. The third-order valence-corrected chi connectivity index (χ3v) is 4.74. The van der Waals surface area contributed by atoms with E-state index in [2.05, 4.69) is 22.5 Å². The number of likely N-dealkylation sites (tertiary alicyclic amines) is 1. The molecule has 2 atom stereocenters. The van der Waals surface area contributed by atoms with Crippen LogP contribution in [-0.4, -0.2) is 36.6 Å². The molecule has 0 spiro atoms. The van der Waals surface area contributed by atoms with Crippen LogP contribution in [0.5, 0.6) is 0 Å². The lowest BCUT2D eigenvalue weighted by Gasteiger charge is -2.34.